The predicted octanol–water partition coefficient (Wildman–Crippen LogP) is 3.29. The van der Waals surface area contributed by atoms with Crippen molar-refractivity contribution in [3.63, 3.8) is 0 Å². The molecule has 0 spiro atoms. The van der Waals surface area contributed by atoms with Gasteiger partial charge in [-0.05, 0) is 34.1 Å². The standard InChI is InChI=1S/C15H14BrClN2O3/c1-21-13-7-10(15(20)19-18)6-11(16)14(13)22-8-9-4-2-3-5-12(9)17/h2-7H,8,18H2,1H3,(H,19,20). The van der Waals surface area contributed by atoms with Crippen LogP contribution in [0.15, 0.2) is 40.9 Å². The first-order chi connectivity index (χ1) is 10.6. The third kappa shape index (κ3) is 3.71. The Balaban J connectivity index is 2.27. The number of hydrazine groups is 1. The van der Waals surface area contributed by atoms with Gasteiger partial charge >= 0.3 is 0 Å². The van der Waals surface area contributed by atoms with Crippen LogP contribution in [0.5, 0.6) is 11.5 Å². The fourth-order valence-corrected chi connectivity index (χ4v) is 2.59. The molecule has 2 rings (SSSR count). The molecule has 0 saturated heterocycles. The summed E-state index contributed by atoms with van der Waals surface area (Å²) in [6.07, 6.45) is 0. The smallest absolute Gasteiger partial charge is 0.265 e. The second-order valence-electron chi connectivity index (χ2n) is 4.34. The Bertz CT molecular complexity index is 694. The van der Waals surface area contributed by atoms with Crippen molar-refractivity contribution in [2.75, 3.05) is 7.11 Å². The highest BCUT2D eigenvalue weighted by Crippen LogP contribution is 2.37. The third-order valence-corrected chi connectivity index (χ3v) is 3.91. The first-order valence-corrected chi connectivity index (χ1v) is 7.48. The van der Waals surface area contributed by atoms with Crippen molar-refractivity contribution >= 4 is 33.4 Å². The molecule has 0 bridgehead atoms. The van der Waals surface area contributed by atoms with Crippen molar-refractivity contribution in [1.29, 1.82) is 0 Å². The number of ether oxygens (including phenoxy) is 2. The van der Waals surface area contributed by atoms with Gasteiger partial charge in [0.05, 0.1) is 11.6 Å². The number of hydrogen-bond acceptors (Lipinski definition) is 4. The number of rotatable bonds is 5. The molecule has 0 unspecified atom stereocenters. The van der Waals surface area contributed by atoms with Crippen LogP contribution in [0.25, 0.3) is 0 Å². The summed E-state index contributed by atoms with van der Waals surface area (Å²) in [4.78, 5) is 11.6. The fourth-order valence-electron chi connectivity index (χ4n) is 1.84. The Labute approximate surface area is 141 Å². The third-order valence-electron chi connectivity index (χ3n) is 2.95. The average molecular weight is 386 g/mol. The monoisotopic (exact) mass is 384 g/mol. The number of methoxy groups -OCH3 is 1. The maximum atomic E-state index is 11.6. The van der Waals surface area contributed by atoms with Crippen LogP contribution in [0.1, 0.15) is 15.9 Å². The molecular weight excluding hydrogens is 372 g/mol. The lowest BCUT2D eigenvalue weighted by Crippen LogP contribution is -2.30. The number of benzene rings is 2. The van der Waals surface area contributed by atoms with E-state index in [4.69, 9.17) is 26.9 Å². The zero-order valence-corrected chi connectivity index (χ0v) is 14.1. The summed E-state index contributed by atoms with van der Waals surface area (Å²) < 4.78 is 11.6. The molecule has 7 heteroatoms. The Hall–Kier alpha value is -1.76. The zero-order valence-electron chi connectivity index (χ0n) is 11.7. The minimum atomic E-state index is -0.420. The molecule has 0 radical (unpaired) electrons. The summed E-state index contributed by atoms with van der Waals surface area (Å²) in [7, 11) is 1.49. The first kappa shape index (κ1) is 16.6. The SMILES string of the molecule is COc1cc(C(=O)NN)cc(Br)c1OCc1ccccc1Cl. The number of nitrogen functional groups attached to an aromatic ring is 1. The molecule has 0 aliphatic carbocycles. The number of amides is 1. The number of halogens is 2. The van der Waals surface area contributed by atoms with E-state index in [1.54, 1.807) is 18.2 Å². The quantitative estimate of drug-likeness (QED) is 0.470. The van der Waals surface area contributed by atoms with E-state index in [-0.39, 0.29) is 6.61 Å². The van der Waals surface area contributed by atoms with Gasteiger partial charge in [0, 0.05) is 16.1 Å². The number of nitrogens with two attached hydrogens (primary N) is 1. The molecule has 0 saturated carbocycles. The van der Waals surface area contributed by atoms with Crippen molar-refractivity contribution in [3.05, 3.63) is 57.0 Å². The van der Waals surface area contributed by atoms with Crippen molar-refractivity contribution in [1.82, 2.24) is 5.43 Å². The zero-order chi connectivity index (χ0) is 16.1. The van der Waals surface area contributed by atoms with Crippen LogP contribution in [0.4, 0.5) is 0 Å². The molecule has 5 nitrogen and oxygen atoms in total. The normalized spacial score (nSPS) is 10.2. The van der Waals surface area contributed by atoms with Gasteiger partial charge in [-0.1, -0.05) is 29.8 Å². The lowest BCUT2D eigenvalue weighted by molar-refractivity contribution is 0.0953. The molecule has 0 aromatic heterocycles. The van der Waals surface area contributed by atoms with Gasteiger partial charge in [-0.15, -0.1) is 0 Å². The van der Waals surface area contributed by atoms with Gasteiger partial charge in [-0.25, -0.2) is 5.84 Å². The van der Waals surface area contributed by atoms with Crippen LogP contribution in [0.3, 0.4) is 0 Å². The van der Waals surface area contributed by atoms with Crippen LogP contribution < -0.4 is 20.7 Å². The molecule has 3 N–H and O–H groups in total. The van der Waals surface area contributed by atoms with E-state index in [0.29, 0.717) is 26.6 Å². The molecule has 0 aliphatic rings. The Morgan fingerprint density at radius 1 is 1.36 bits per heavy atom. The minimum Gasteiger partial charge on any atom is -0.493 e. The molecule has 0 aliphatic heterocycles. The second-order valence-corrected chi connectivity index (χ2v) is 5.60. The Kier molecular flexibility index (Phi) is 5.65. The van der Waals surface area contributed by atoms with E-state index in [0.717, 1.165) is 5.56 Å². The summed E-state index contributed by atoms with van der Waals surface area (Å²) in [5.41, 5.74) is 3.28. The highest BCUT2D eigenvalue weighted by atomic mass is 79.9. The fraction of sp³-hybridized carbons (Fsp3) is 0.133. The van der Waals surface area contributed by atoms with Gasteiger partial charge in [0.15, 0.2) is 11.5 Å². The maximum absolute atomic E-state index is 11.6. The number of carbonyl (C=O) groups is 1. The first-order valence-electron chi connectivity index (χ1n) is 6.31. The van der Waals surface area contributed by atoms with Crippen molar-refractivity contribution < 1.29 is 14.3 Å². The van der Waals surface area contributed by atoms with Crippen molar-refractivity contribution in [3.8, 4) is 11.5 Å². The van der Waals surface area contributed by atoms with E-state index >= 15 is 0 Å². The molecule has 0 fully saturated rings. The second kappa shape index (κ2) is 7.49. The van der Waals surface area contributed by atoms with E-state index < -0.39 is 5.91 Å². The highest BCUT2D eigenvalue weighted by molar-refractivity contribution is 9.10. The van der Waals surface area contributed by atoms with Gasteiger partial charge in [-0.3, -0.25) is 10.2 Å². The molecule has 0 atom stereocenters. The lowest BCUT2D eigenvalue weighted by atomic mass is 10.2. The molecule has 116 valence electrons. The van der Waals surface area contributed by atoms with Gasteiger partial charge in [-0.2, -0.15) is 0 Å². The molecule has 1 amide bonds. The lowest BCUT2D eigenvalue weighted by Gasteiger charge is -2.14. The summed E-state index contributed by atoms with van der Waals surface area (Å²) >= 11 is 9.47. The van der Waals surface area contributed by atoms with Crippen LogP contribution >= 0.6 is 27.5 Å². The average Bonchev–Trinajstić information content (AvgIpc) is 2.53. The van der Waals surface area contributed by atoms with Gasteiger partial charge in [0.1, 0.15) is 6.61 Å². The van der Waals surface area contributed by atoms with E-state index in [1.165, 1.54) is 7.11 Å². The molecular formula is C15H14BrClN2O3. The molecule has 22 heavy (non-hydrogen) atoms. The topological polar surface area (TPSA) is 73.6 Å². The maximum Gasteiger partial charge on any atom is 0.265 e. The van der Waals surface area contributed by atoms with Crippen LogP contribution in [0, 0.1) is 0 Å². The van der Waals surface area contributed by atoms with Gasteiger partial charge < -0.3 is 9.47 Å². The van der Waals surface area contributed by atoms with Crippen LogP contribution in [-0.4, -0.2) is 13.0 Å². The Morgan fingerprint density at radius 3 is 2.73 bits per heavy atom. The summed E-state index contributed by atoms with van der Waals surface area (Å²) in [5.74, 6) is 5.61. The van der Waals surface area contributed by atoms with E-state index in [2.05, 4.69) is 21.4 Å². The summed E-state index contributed by atoms with van der Waals surface area (Å²) in [6.45, 7) is 0.275. The van der Waals surface area contributed by atoms with E-state index in [1.807, 2.05) is 18.2 Å². The van der Waals surface area contributed by atoms with Crippen molar-refractivity contribution in [2.24, 2.45) is 5.84 Å². The molecule has 2 aromatic carbocycles. The molecule has 2 aromatic rings. The van der Waals surface area contributed by atoms with Gasteiger partial charge in [0.25, 0.3) is 5.91 Å². The predicted molar refractivity (Wildman–Crippen MR) is 88.1 cm³/mol. The van der Waals surface area contributed by atoms with E-state index in [9.17, 15) is 4.79 Å². The molecule has 0 heterocycles. The highest BCUT2D eigenvalue weighted by Gasteiger charge is 2.15. The number of carbonyl (C=O) groups excluding carboxylic acids is 1. The minimum absolute atomic E-state index is 0.275. The largest absolute Gasteiger partial charge is 0.493 e. The number of hydrogen-bond donors (Lipinski definition) is 2. The number of nitrogens with one attached hydrogen (secondary N) is 1. The van der Waals surface area contributed by atoms with Gasteiger partial charge in [0.2, 0.25) is 0 Å². The summed E-state index contributed by atoms with van der Waals surface area (Å²) in [6, 6.07) is 10.6. The Morgan fingerprint density at radius 2 is 2.09 bits per heavy atom. The van der Waals surface area contributed by atoms with Crippen LogP contribution in [0.2, 0.25) is 5.02 Å². The summed E-state index contributed by atoms with van der Waals surface area (Å²) in [5, 5.41) is 0.622. The van der Waals surface area contributed by atoms with Crippen LogP contribution in [-0.2, 0) is 6.61 Å². The van der Waals surface area contributed by atoms with Crippen molar-refractivity contribution in [2.45, 2.75) is 6.61 Å².